The van der Waals surface area contributed by atoms with Crippen LogP contribution in [-0.2, 0) is 4.79 Å². The molecule has 0 saturated heterocycles. The topological polar surface area (TPSA) is 70.9 Å². The van der Waals surface area contributed by atoms with E-state index in [9.17, 15) is 9.59 Å². The zero-order valence-corrected chi connectivity index (χ0v) is 13.4. The zero-order valence-electron chi connectivity index (χ0n) is 12.6. The molecule has 6 heteroatoms. The third kappa shape index (κ3) is 1.98. The predicted molar refractivity (Wildman–Crippen MR) is 88.6 cm³/mol. The van der Waals surface area contributed by atoms with Crippen molar-refractivity contribution in [2.24, 2.45) is 10.2 Å². The van der Waals surface area contributed by atoms with Crippen LogP contribution in [-0.4, -0.2) is 11.7 Å². The Bertz CT molecular complexity index is 924. The lowest BCUT2D eigenvalue weighted by molar-refractivity contribution is -0.114. The van der Waals surface area contributed by atoms with Crippen LogP contribution in [0.2, 0.25) is 0 Å². The van der Waals surface area contributed by atoms with Crippen molar-refractivity contribution in [1.82, 2.24) is 0 Å². The smallest absolute Gasteiger partial charge is 0.221 e. The molecule has 1 unspecified atom stereocenters. The van der Waals surface area contributed by atoms with Crippen LogP contribution >= 0.6 is 11.3 Å². The minimum Gasteiger partial charge on any atom is -0.326 e. The third-order valence-electron chi connectivity index (χ3n) is 4.05. The molecule has 1 amide bonds. The maximum Gasteiger partial charge on any atom is 0.221 e. The van der Waals surface area contributed by atoms with Crippen molar-refractivity contribution in [3.63, 3.8) is 0 Å². The van der Waals surface area contributed by atoms with E-state index >= 15 is 0 Å². The Balaban J connectivity index is 1.90. The maximum absolute atomic E-state index is 13.0. The van der Waals surface area contributed by atoms with Gasteiger partial charge < -0.3 is 5.32 Å². The molecule has 1 aliphatic carbocycles. The molecule has 0 saturated carbocycles. The number of rotatable bonds is 2. The summed E-state index contributed by atoms with van der Waals surface area (Å²) >= 11 is 1.56. The van der Waals surface area contributed by atoms with Crippen molar-refractivity contribution in [1.29, 1.82) is 0 Å². The lowest BCUT2D eigenvalue weighted by atomic mass is 10.1. The summed E-state index contributed by atoms with van der Waals surface area (Å²) in [6.45, 7) is 3.43. The number of aryl methyl sites for hydroxylation is 1. The second-order valence-corrected chi connectivity index (χ2v) is 6.51. The van der Waals surface area contributed by atoms with Gasteiger partial charge in [-0.2, -0.15) is 10.2 Å². The van der Waals surface area contributed by atoms with Crippen molar-refractivity contribution in [3.05, 3.63) is 56.8 Å². The Morgan fingerprint density at radius 3 is 2.83 bits per heavy atom. The number of fused-ring (bicyclic) bond motifs is 3. The zero-order chi connectivity index (χ0) is 16.1. The fourth-order valence-electron chi connectivity index (χ4n) is 3.07. The number of ketones is 1. The number of Topliss-reactive ketones (excluding diaryl/α,β-unsaturated/α-hetero) is 1. The van der Waals surface area contributed by atoms with E-state index in [1.54, 1.807) is 17.4 Å². The van der Waals surface area contributed by atoms with E-state index in [-0.39, 0.29) is 17.7 Å². The lowest BCUT2D eigenvalue weighted by Gasteiger charge is -2.07. The monoisotopic (exact) mass is 323 g/mol. The molecule has 0 spiro atoms. The normalized spacial score (nSPS) is 18.3. The summed E-state index contributed by atoms with van der Waals surface area (Å²) in [4.78, 5) is 25.3. The maximum atomic E-state index is 13.0. The summed E-state index contributed by atoms with van der Waals surface area (Å²) in [7, 11) is 0. The molecule has 2 heterocycles. The number of carbonyl (C=O) groups excluding carboxylic acids is 2. The second kappa shape index (κ2) is 4.96. The fraction of sp³-hybridized carbons (Fsp3) is 0.176. The molecule has 0 fully saturated rings. The van der Waals surface area contributed by atoms with Crippen molar-refractivity contribution in [2.75, 3.05) is 5.32 Å². The minimum atomic E-state index is -0.359. The second-order valence-electron chi connectivity index (χ2n) is 5.59. The molecule has 2 aliphatic rings. The quantitative estimate of drug-likeness (QED) is 0.902. The van der Waals surface area contributed by atoms with Crippen molar-refractivity contribution >= 4 is 34.4 Å². The van der Waals surface area contributed by atoms with Crippen molar-refractivity contribution in [2.45, 2.75) is 19.9 Å². The van der Waals surface area contributed by atoms with E-state index in [0.717, 1.165) is 16.0 Å². The molecule has 1 aromatic carbocycles. The highest BCUT2D eigenvalue weighted by Crippen LogP contribution is 2.49. The molecule has 114 valence electrons. The average Bonchev–Trinajstić information content (AvgIpc) is 3.16. The average molecular weight is 323 g/mol. The first-order valence-electron chi connectivity index (χ1n) is 7.22. The van der Waals surface area contributed by atoms with Crippen LogP contribution in [0.1, 0.15) is 39.3 Å². The van der Waals surface area contributed by atoms with Gasteiger partial charge >= 0.3 is 0 Å². The highest BCUT2D eigenvalue weighted by atomic mass is 32.1. The van der Waals surface area contributed by atoms with Crippen LogP contribution in [0.3, 0.4) is 0 Å². The number of hydrogen-bond donors (Lipinski definition) is 1. The molecule has 0 radical (unpaired) electrons. The molecule has 1 atom stereocenters. The van der Waals surface area contributed by atoms with Crippen molar-refractivity contribution in [3.8, 4) is 0 Å². The molecule has 1 aromatic heterocycles. The highest BCUT2D eigenvalue weighted by Gasteiger charge is 2.42. The van der Waals surface area contributed by atoms with Crippen LogP contribution < -0.4 is 5.32 Å². The van der Waals surface area contributed by atoms with E-state index in [2.05, 4.69) is 15.5 Å². The number of anilines is 1. The molecule has 5 nitrogen and oxygen atoms in total. The van der Waals surface area contributed by atoms with Crippen molar-refractivity contribution < 1.29 is 9.59 Å². The number of benzene rings is 1. The first-order chi connectivity index (χ1) is 11.1. The van der Waals surface area contributed by atoms with E-state index in [1.807, 2.05) is 30.5 Å². The molecular formula is C17H13N3O2S. The van der Waals surface area contributed by atoms with Crippen LogP contribution in [0.25, 0.3) is 5.70 Å². The van der Waals surface area contributed by atoms with Crippen LogP contribution in [0.15, 0.2) is 45.4 Å². The van der Waals surface area contributed by atoms with E-state index < -0.39 is 0 Å². The van der Waals surface area contributed by atoms with Gasteiger partial charge in [0.25, 0.3) is 0 Å². The minimum absolute atomic E-state index is 0.0952. The molecule has 23 heavy (non-hydrogen) atoms. The highest BCUT2D eigenvalue weighted by molar-refractivity contribution is 7.11. The largest absolute Gasteiger partial charge is 0.326 e. The Kier molecular flexibility index (Phi) is 3.02. The van der Waals surface area contributed by atoms with Gasteiger partial charge in [0.2, 0.25) is 5.91 Å². The standard InChI is InChI=1S/C17H13N3O2S/c1-8-6-7-23-17(8)15-13-14(19-20-15)10-4-3-5-11(18-9(2)21)12(10)16(13)22/h3-7,14H,1-2H3,(H,18,21). The van der Waals surface area contributed by atoms with Gasteiger partial charge in [-0.25, -0.2) is 0 Å². The Morgan fingerprint density at radius 2 is 2.13 bits per heavy atom. The van der Waals surface area contributed by atoms with Gasteiger partial charge in [0.15, 0.2) is 5.78 Å². The molecule has 4 rings (SSSR count). The van der Waals surface area contributed by atoms with Gasteiger partial charge in [-0.05, 0) is 35.6 Å². The lowest BCUT2D eigenvalue weighted by Crippen LogP contribution is -2.10. The molecule has 1 aliphatic heterocycles. The summed E-state index contributed by atoms with van der Waals surface area (Å²) in [6.07, 6.45) is 0. The number of azo groups is 1. The SMILES string of the molecule is CC(=O)Nc1cccc2c1C(=O)C1=C(c3sccc3C)N=NC12. The summed E-state index contributed by atoms with van der Waals surface area (Å²) in [5.74, 6) is -0.296. The Labute approximate surface area is 136 Å². The van der Waals surface area contributed by atoms with Gasteiger partial charge in [0.05, 0.1) is 21.7 Å². The number of thiophene rings is 1. The van der Waals surface area contributed by atoms with Crippen LogP contribution in [0.5, 0.6) is 0 Å². The van der Waals surface area contributed by atoms with Gasteiger partial charge in [-0.15, -0.1) is 11.3 Å². The summed E-state index contributed by atoms with van der Waals surface area (Å²) in [6, 6.07) is 7.09. The van der Waals surface area contributed by atoms with Gasteiger partial charge in [0.1, 0.15) is 11.7 Å². The molecule has 1 N–H and O–H groups in total. The van der Waals surface area contributed by atoms with Gasteiger partial charge in [-0.1, -0.05) is 12.1 Å². The van der Waals surface area contributed by atoms with Gasteiger partial charge in [-0.3, -0.25) is 9.59 Å². The summed E-state index contributed by atoms with van der Waals surface area (Å²) < 4.78 is 0. The van der Waals surface area contributed by atoms with E-state index in [4.69, 9.17) is 0 Å². The summed E-state index contributed by atoms with van der Waals surface area (Å²) in [5.41, 5.74) is 4.25. The first-order valence-corrected chi connectivity index (χ1v) is 8.10. The fourth-order valence-corrected chi connectivity index (χ4v) is 3.99. The first kappa shape index (κ1) is 14.0. The Morgan fingerprint density at radius 1 is 1.30 bits per heavy atom. The predicted octanol–water partition coefficient (Wildman–Crippen LogP) is 4.13. The number of hydrogen-bond acceptors (Lipinski definition) is 5. The number of carbonyl (C=O) groups is 2. The molecular weight excluding hydrogens is 310 g/mol. The molecule has 2 aromatic rings. The number of amides is 1. The van der Waals surface area contributed by atoms with Crippen LogP contribution in [0, 0.1) is 6.92 Å². The molecule has 0 bridgehead atoms. The Hall–Kier alpha value is -2.60. The third-order valence-corrected chi connectivity index (χ3v) is 5.08. The summed E-state index contributed by atoms with van der Waals surface area (Å²) in [5, 5.41) is 13.3. The number of nitrogens with zero attached hydrogens (tertiary/aromatic N) is 2. The van der Waals surface area contributed by atoms with Gasteiger partial charge in [0, 0.05) is 6.92 Å². The van der Waals surface area contributed by atoms with E-state index in [0.29, 0.717) is 22.5 Å². The number of nitrogens with one attached hydrogen (secondary N) is 1. The van der Waals surface area contributed by atoms with Crippen LogP contribution in [0.4, 0.5) is 5.69 Å². The van der Waals surface area contributed by atoms with E-state index in [1.165, 1.54) is 6.92 Å².